The van der Waals surface area contributed by atoms with Crippen molar-refractivity contribution in [3.05, 3.63) is 0 Å². The fraction of sp³-hybridized carbons (Fsp3) is 1.00. The molecule has 1 aliphatic rings. The lowest BCUT2D eigenvalue weighted by atomic mass is 10.0. The van der Waals surface area contributed by atoms with Gasteiger partial charge in [-0.05, 0) is 32.2 Å². The van der Waals surface area contributed by atoms with Gasteiger partial charge in [-0.2, -0.15) is 0 Å². The van der Waals surface area contributed by atoms with E-state index < -0.39 is 0 Å². The number of rotatable bonds is 10. The number of nitrogens with zero attached hydrogens (tertiary/aromatic N) is 1. The van der Waals surface area contributed by atoms with Crippen LogP contribution >= 0.6 is 0 Å². The number of nitrogens with one attached hydrogen (secondary N) is 1. The van der Waals surface area contributed by atoms with Crippen molar-refractivity contribution in [2.24, 2.45) is 0 Å². The summed E-state index contributed by atoms with van der Waals surface area (Å²) in [6, 6.07) is 1.40. The Morgan fingerprint density at radius 2 is 1.95 bits per heavy atom. The van der Waals surface area contributed by atoms with Crippen molar-refractivity contribution in [2.45, 2.75) is 51.6 Å². The maximum Gasteiger partial charge on any atom is 0.0700 e. The average Bonchev–Trinajstić information content (AvgIpc) is 2.46. The van der Waals surface area contributed by atoms with Crippen LogP contribution in [0.4, 0.5) is 0 Å². The van der Waals surface area contributed by atoms with Crippen molar-refractivity contribution < 1.29 is 9.47 Å². The molecule has 114 valence electrons. The Balaban J connectivity index is 2.11. The second kappa shape index (κ2) is 10.6. The molecule has 1 aliphatic heterocycles. The molecule has 0 radical (unpaired) electrons. The zero-order valence-corrected chi connectivity index (χ0v) is 13.0. The summed E-state index contributed by atoms with van der Waals surface area (Å²) < 4.78 is 10.5. The quantitative estimate of drug-likeness (QED) is 0.616. The van der Waals surface area contributed by atoms with E-state index in [-0.39, 0.29) is 0 Å². The molecular weight excluding hydrogens is 240 g/mol. The molecule has 0 aromatic heterocycles. The second-order valence-electron chi connectivity index (χ2n) is 5.38. The van der Waals surface area contributed by atoms with Gasteiger partial charge < -0.3 is 14.8 Å². The fourth-order valence-corrected chi connectivity index (χ4v) is 2.64. The van der Waals surface area contributed by atoms with Gasteiger partial charge in [-0.25, -0.2) is 0 Å². The molecule has 1 N–H and O–H groups in total. The van der Waals surface area contributed by atoms with E-state index in [9.17, 15) is 0 Å². The van der Waals surface area contributed by atoms with E-state index in [1.807, 2.05) is 0 Å². The highest BCUT2D eigenvalue weighted by Gasteiger charge is 2.24. The average molecular weight is 272 g/mol. The zero-order chi connectivity index (χ0) is 13.9. The molecular formula is C15H32N2O2. The molecule has 1 rings (SSSR count). The van der Waals surface area contributed by atoms with E-state index in [0.717, 1.165) is 32.2 Å². The first-order valence-electron chi connectivity index (χ1n) is 7.85. The van der Waals surface area contributed by atoms with Gasteiger partial charge in [0.15, 0.2) is 0 Å². The Labute approximate surface area is 118 Å². The van der Waals surface area contributed by atoms with Crippen LogP contribution in [-0.2, 0) is 9.47 Å². The summed E-state index contributed by atoms with van der Waals surface area (Å²) in [6.45, 7) is 10.4. The van der Waals surface area contributed by atoms with E-state index >= 15 is 0 Å². The first kappa shape index (κ1) is 16.9. The Kier molecular flexibility index (Phi) is 9.43. The van der Waals surface area contributed by atoms with Crippen molar-refractivity contribution in [2.75, 3.05) is 46.6 Å². The first-order valence-corrected chi connectivity index (χ1v) is 7.85. The minimum Gasteiger partial charge on any atom is -0.382 e. The topological polar surface area (TPSA) is 33.7 Å². The van der Waals surface area contributed by atoms with Gasteiger partial charge in [0.2, 0.25) is 0 Å². The van der Waals surface area contributed by atoms with Crippen LogP contribution in [0.25, 0.3) is 0 Å². The summed E-state index contributed by atoms with van der Waals surface area (Å²) in [7, 11) is 1.71. The molecule has 1 heterocycles. The minimum absolute atomic E-state index is 0.681. The van der Waals surface area contributed by atoms with E-state index in [4.69, 9.17) is 9.47 Å². The molecule has 4 heteroatoms. The van der Waals surface area contributed by atoms with Gasteiger partial charge in [0.25, 0.3) is 0 Å². The van der Waals surface area contributed by atoms with Crippen LogP contribution in [0.5, 0.6) is 0 Å². The van der Waals surface area contributed by atoms with Crippen molar-refractivity contribution in [3.63, 3.8) is 0 Å². The van der Waals surface area contributed by atoms with Crippen LogP contribution in [0.15, 0.2) is 0 Å². The molecule has 0 aliphatic carbocycles. The monoisotopic (exact) mass is 272 g/mol. The van der Waals surface area contributed by atoms with Gasteiger partial charge in [0.05, 0.1) is 13.2 Å². The number of piperazine rings is 1. The molecule has 2 atom stereocenters. The predicted molar refractivity (Wildman–Crippen MR) is 79.7 cm³/mol. The standard InChI is InChI=1S/C15H32N2O2/c1-4-14-13-17(15(5-2)12-16-14)8-6-7-9-19-11-10-18-3/h14-16H,4-13H2,1-3H3. The highest BCUT2D eigenvalue weighted by atomic mass is 16.5. The predicted octanol–water partition coefficient (Wildman–Crippen LogP) is 1.89. The SMILES string of the molecule is CCC1CN(CCCCOCCOC)C(CC)CN1. The van der Waals surface area contributed by atoms with E-state index in [1.54, 1.807) is 7.11 Å². The third kappa shape index (κ3) is 6.70. The van der Waals surface area contributed by atoms with Crippen molar-refractivity contribution in [3.8, 4) is 0 Å². The van der Waals surface area contributed by atoms with Crippen molar-refractivity contribution >= 4 is 0 Å². The maximum atomic E-state index is 5.50. The van der Waals surface area contributed by atoms with E-state index in [2.05, 4.69) is 24.1 Å². The fourth-order valence-electron chi connectivity index (χ4n) is 2.64. The molecule has 1 fully saturated rings. The Hall–Kier alpha value is -0.160. The molecule has 0 saturated carbocycles. The Morgan fingerprint density at radius 3 is 2.63 bits per heavy atom. The summed E-state index contributed by atoms with van der Waals surface area (Å²) >= 11 is 0. The van der Waals surface area contributed by atoms with Gasteiger partial charge in [-0.3, -0.25) is 4.90 Å². The largest absolute Gasteiger partial charge is 0.382 e. The number of unbranched alkanes of at least 4 members (excludes halogenated alkanes) is 1. The summed E-state index contributed by atoms with van der Waals surface area (Å²) in [5, 5.41) is 3.64. The molecule has 0 aromatic carbocycles. The summed E-state index contributed by atoms with van der Waals surface area (Å²) in [4.78, 5) is 2.67. The number of hydrogen-bond acceptors (Lipinski definition) is 4. The molecule has 0 aromatic rings. The number of ether oxygens (including phenoxy) is 2. The lowest BCUT2D eigenvalue weighted by Crippen LogP contribution is -2.56. The third-order valence-electron chi connectivity index (χ3n) is 3.99. The van der Waals surface area contributed by atoms with Gasteiger partial charge in [0, 0.05) is 38.9 Å². The summed E-state index contributed by atoms with van der Waals surface area (Å²) in [6.07, 6.45) is 4.86. The third-order valence-corrected chi connectivity index (χ3v) is 3.99. The van der Waals surface area contributed by atoms with E-state index in [0.29, 0.717) is 12.6 Å². The molecule has 4 nitrogen and oxygen atoms in total. The highest BCUT2D eigenvalue weighted by molar-refractivity contribution is 4.84. The van der Waals surface area contributed by atoms with Crippen LogP contribution in [0.2, 0.25) is 0 Å². The van der Waals surface area contributed by atoms with Crippen LogP contribution in [-0.4, -0.2) is 63.5 Å². The van der Waals surface area contributed by atoms with Gasteiger partial charge in [-0.15, -0.1) is 0 Å². The summed E-state index contributed by atoms with van der Waals surface area (Å²) in [5.41, 5.74) is 0. The molecule has 19 heavy (non-hydrogen) atoms. The summed E-state index contributed by atoms with van der Waals surface area (Å²) in [5.74, 6) is 0. The molecule has 2 unspecified atom stereocenters. The van der Waals surface area contributed by atoms with Gasteiger partial charge >= 0.3 is 0 Å². The normalized spacial score (nSPS) is 24.8. The Morgan fingerprint density at radius 1 is 1.11 bits per heavy atom. The first-order chi connectivity index (χ1) is 9.31. The van der Waals surface area contributed by atoms with Crippen LogP contribution < -0.4 is 5.32 Å². The van der Waals surface area contributed by atoms with Crippen LogP contribution in [0.3, 0.4) is 0 Å². The van der Waals surface area contributed by atoms with E-state index in [1.165, 1.54) is 32.4 Å². The van der Waals surface area contributed by atoms with Crippen LogP contribution in [0.1, 0.15) is 39.5 Å². The highest BCUT2D eigenvalue weighted by Crippen LogP contribution is 2.13. The minimum atomic E-state index is 0.681. The van der Waals surface area contributed by atoms with Crippen molar-refractivity contribution in [1.82, 2.24) is 10.2 Å². The molecule has 1 saturated heterocycles. The Bertz CT molecular complexity index is 214. The van der Waals surface area contributed by atoms with Gasteiger partial charge in [0.1, 0.15) is 0 Å². The molecule has 0 amide bonds. The second-order valence-corrected chi connectivity index (χ2v) is 5.38. The number of hydrogen-bond donors (Lipinski definition) is 1. The van der Waals surface area contributed by atoms with Crippen molar-refractivity contribution in [1.29, 1.82) is 0 Å². The maximum absolute atomic E-state index is 5.50. The lowest BCUT2D eigenvalue weighted by molar-refractivity contribution is 0.0649. The lowest BCUT2D eigenvalue weighted by Gasteiger charge is -2.40. The smallest absolute Gasteiger partial charge is 0.0700 e. The number of methoxy groups -OCH3 is 1. The van der Waals surface area contributed by atoms with Gasteiger partial charge in [-0.1, -0.05) is 13.8 Å². The molecule has 0 bridgehead atoms. The van der Waals surface area contributed by atoms with Crippen LogP contribution in [0, 0.1) is 0 Å². The zero-order valence-electron chi connectivity index (χ0n) is 13.0. The molecule has 0 spiro atoms.